The van der Waals surface area contributed by atoms with E-state index >= 15 is 0 Å². The van der Waals surface area contributed by atoms with Crippen LogP contribution in [-0.2, 0) is 10.9 Å². The third-order valence-corrected chi connectivity index (χ3v) is 2.15. The Kier molecular flexibility index (Phi) is 2.75. The van der Waals surface area contributed by atoms with E-state index in [1.807, 2.05) is 0 Å². The van der Waals surface area contributed by atoms with Crippen LogP contribution in [0.15, 0.2) is 12.1 Å². The summed E-state index contributed by atoms with van der Waals surface area (Å²) in [6, 6.07) is 2.20. The van der Waals surface area contributed by atoms with E-state index < -0.39 is 11.9 Å². The van der Waals surface area contributed by atoms with Crippen LogP contribution in [0.25, 0.3) is 0 Å². The van der Waals surface area contributed by atoms with Gasteiger partial charge in [0.1, 0.15) is 24.2 Å². The Morgan fingerprint density at radius 3 is 2.69 bits per heavy atom. The number of halogens is 3. The lowest BCUT2D eigenvalue weighted by atomic mass is 10.3. The van der Waals surface area contributed by atoms with Gasteiger partial charge in [0.25, 0.3) is 0 Å². The van der Waals surface area contributed by atoms with Crippen molar-refractivity contribution in [3.63, 3.8) is 0 Å². The fourth-order valence-corrected chi connectivity index (χ4v) is 1.21. The smallest absolute Gasteiger partial charge is 0.433 e. The van der Waals surface area contributed by atoms with Crippen molar-refractivity contribution in [3.8, 4) is 5.75 Å². The molecule has 0 amide bonds. The minimum Gasteiger partial charge on any atom is -0.489 e. The summed E-state index contributed by atoms with van der Waals surface area (Å²) in [5, 5.41) is 0. The molecule has 1 aliphatic rings. The van der Waals surface area contributed by atoms with Gasteiger partial charge in [-0.2, -0.15) is 13.2 Å². The first-order valence-corrected chi connectivity index (χ1v) is 4.76. The molecular formula is C10H10F3NO2. The number of ether oxygens (including phenoxy) is 2. The van der Waals surface area contributed by atoms with Gasteiger partial charge in [0.2, 0.25) is 0 Å². The zero-order valence-electron chi connectivity index (χ0n) is 8.54. The van der Waals surface area contributed by atoms with Crippen molar-refractivity contribution in [1.29, 1.82) is 0 Å². The SMILES string of the molecule is Cc1nc(C(F)(F)F)ccc1OCC1CO1. The number of aromatic nitrogens is 1. The molecule has 1 aromatic rings. The fraction of sp³-hybridized carbons (Fsp3) is 0.500. The molecule has 88 valence electrons. The summed E-state index contributed by atoms with van der Waals surface area (Å²) in [5.41, 5.74) is -0.671. The Balaban J connectivity index is 2.09. The lowest BCUT2D eigenvalue weighted by Crippen LogP contribution is -2.10. The van der Waals surface area contributed by atoms with Crippen LogP contribution in [0.1, 0.15) is 11.4 Å². The zero-order chi connectivity index (χ0) is 11.8. The molecule has 1 fully saturated rings. The number of hydrogen-bond acceptors (Lipinski definition) is 3. The van der Waals surface area contributed by atoms with Crippen LogP contribution in [0.4, 0.5) is 13.2 Å². The topological polar surface area (TPSA) is 34.6 Å². The number of pyridine rings is 1. The highest BCUT2D eigenvalue weighted by molar-refractivity contribution is 5.29. The lowest BCUT2D eigenvalue weighted by molar-refractivity contribution is -0.141. The molecule has 1 saturated heterocycles. The summed E-state index contributed by atoms with van der Waals surface area (Å²) in [5.74, 6) is 0.364. The fourth-order valence-electron chi connectivity index (χ4n) is 1.21. The van der Waals surface area contributed by atoms with E-state index in [4.69, 9.17) is 9.47 Å². The van der Waals surface area contributed by atoms with Crippen LogP contribution in [0, 0.1) is 6.92 Å². The number of alkyl halides is 3. The second kappa shape index (κ2) is 3.93. The molecular weight excluding hydrogens is 223 g/mol. The van der Waals surface area contributed by atoms with Gasteiger partial charge < -0.3 is 9.47 Å². The Bertz CT molecular complexity index is 388. The van der Waals surface area contributed by atoms with Crippen molar-refractivity contribution in [2.45, 2.75) is 19.2 Å². The molecule has 2 heterocycles. The van der Waals surface area contributed by atoms with Crippen molar-refractivity contribution in [2.24, 2.45) is 0 Å². The second-order valence-electron chi connectivity index (χ2n) is 3.54. The molecule has 0 saturated carbocycles. The van der Waals surface area contributed by atoms with Gasteiger partial charge in [-0.3, -0.25) is 0 Å². The lowest BCUT2D eigenvalue weighted by Gasteiger charge is -2.10. The highest BCUT2D eigenvalue weighted by Crippen LogP contribution is 2.29. The number of nitrogens with zero attached hydrogens (tertiary/aromatic N) is 1. The van der Waals surface area contributed by atoms with Gasteiger partial charge in [-0.1, -0.05) is 0 Å². The quantitative estimate of drug-likeness (QED) is 0.750. The minimum absolute atomic E-state index is 0.0710. The number of aryl methyl sites for hydroxylation is 1. The number of epoxide rings is 1. The van der Waals surface area contributed by atoms with E-state index in [0.29, 0.717) is 19.0 Å². The Hall–Kier alpha value is -1.30. The van der Waals surface area contributed by atoms with Crippen molar-refractivity contribution >= 4 is 0 Å². The first-order valence-electron chi connectivity index (χ1n) is 4.76. The van der Waals surface area contributed by atoms with Crippen LogP contribution < -0.4 is 4.74 Å². The summed E-state index contributed by atoms with van der Waals surface area (Å²) in [6.07, 6.45) is -4.34. The summed E-state index contributed by atoms with van der Waals surface area (Å²) >= 11 is 0. The van der Waals surface area contributed by atoms with Crippen LogP contribution in [0.3, 0.4) is 0 Å². The van der Waals surface area contributed by atoms with Crippen molar-refractivity contribution in [3.05, 3.63) is 23.5 Å². The van der Waals surface area contributed by atoms with Crippen LogP contribution in [-0.4, -0.2) is 24.3 Å². The van der Waals surface area contributed by atoms with E-state index in [-0.39, 0.29) is 11.8 Å². The molecule has 0 aromatic carbocycles. The average molecular weight is 233 g/mol. The van der Waals surface area contributed by atoms with Crippen molar-refractivity contribution in [1.82, 2.24) is 4.98 Å². The molecule has 16 heavy (non-hydrogen) atoms. The Labute approximate surface area is 90.2 Å². The highest BCUT2D eigenvalue weighted by atomic mass is 19.4. The van der Waals surface area contributed by atoms with Gasteiger partial charge in [-0.25, -0.2) is 4.98 Å². The molecule has 0 radical (unpaired) electrons. The standard InChI is InChI=1S/C10H10F3NO2/c1-6-8(16-5-7-4-15-7)2-3-9(14-6)10(11,12)13/h2-3,7H,4-5H2,1H3. The Morgan fingerprint density at radius 1 is 1.50 bits per heavy atom. The molecule has 1 aromatic heterocycles. The monoisotopic (exact) mass is 233 g/mol. The summed E-state index contributed by atoms with van der Waals surface area (Å²) in [6.45, 7) is 2.49. The van der Waals surface area contributed by atoms with Gasteiger partial charge in [-0.15, -0.1) is 0 Å². The summed E-state index contributed by atoms with van der Waals surface area (Å²) in [7, 11) is 0. The first kappa shape index (κ1) is 11.2. The van der Waals surface area contributed by atoms with Gasteiger partial charge in [0.05, 0.1) is 12.3 Å². The van der Waals surface area contributed by atoms with Crippen LogP contribution >= 0.6 is 0 Å². The molecule has 2 rings (SSSR count). The molecule has 0 N–H and O–H groups in total. The van der Waals surface area contributed by atoms with Gasteiger partial charge in [0, 0.05) is 0 Å². The van der Waals surface area contributed by atoms with Gasteiger partial charge in [0.15, 0.2) is 0 Å². The van der Waals surface area contributed by atoms with E-state index in [2.05, 4.69) is 4.98 Å². The molecule has 0 spiro atoms. The Morgan fingerprint density at radius 2 is 2.19 bits per heavy atom. The van der Waals surface area contributed by atoms with Crippen LogP contribution in [0.2, 0.25) is 0 Å². The van der Waals surface area contributed by atoms with Crippen LogP contribution in [0.5, 0.6) is 5.75 Å². The third kappa shape index (κ3) is 2.63. The third-order valence-electron chi connectivity index (χ3n) is 2.15. The normalized spacial score (nSPS) is 19.6. The van der Waals surface area contributed by atoms with Crippen molar-refractivity contribution < 1.29 is 22.6 Å². The molecule has 0 bridgehead atoms. The van der Waals surface area contributed by atoms with E-state index in [9.17, 15) is 13.2 Å². The highest BCUT2D eigenvalue weighted by Gasteiger charge is 2.33. The molecule has 1 aliphatic heterocycles. The number of hydrogen-bond donors (Lipinski definition) is 0. The summed E-state index contributed by atoms with van der Waals surface area (Å²) in [4.78, 5) is 3.45. The predicted molar refractivity (Wildman–Crippen MR) is 49.2 cm³/mol. The average Bonchev–Trinajstić information content (AvgIpc) is 2.98. The molecule has 1 atom stereocenters. The number of rotatable bonds is 3. The van der Waals surface area contributed by atoms with E-state index in [1.54, 1.807) is 0 Å². The van der Waals surface area contributed by atoms with Gasteiger partial charge >= 0.3 is 6.18 Å². The first-order chi connectivity index (χ1) is 7.47. The minimum atomic E-state index is -4.41. The second-order valence-corrected chi connectivity index (χ2v) is 3.54. The molecule has 3 nitrogen and oxygen atoms in total. The zero-order valence-corrected chi connectivity index (χ0v) is 8.54. The van der Waals surface area contributed by atoms with E-state index in [1.165, 1.54) is 13.0 Å². The van der Waals surface area contributed by atoms with E-state index in [0.717, 1.165) is 6.07 Å². The maximum absolute atomic E-state index is 12.3. The van der Waals surface area contributed by atoms with Gasteiger partial charge in [-0.05, 0) is 19.1 Å². The largest absolute Gasteiger partial charge is 0.489 e. The predicted octanol–water partition coefficient (Wildman–Crippen LogP) is 2.19. The molecule has 0 aliphatic carbocycles. The summed E-state index contributed by atoms with van der Waals surface area (Å²) < 4.78 is 47.1. The molecule has 6 heteroatoms. The molecule has 1 unspecified atom stereocenters. The van der Waals surface area contributed by atoms with Crippen molar-refractivity contribution in [2.75, 3.05) is 13.2 Å². The maximum Gasteiger partial charge on any atom is 0.433 e. The maximum atomic E-state index is 12.3.